The van der Waals surface area contributed by atoms with E-state index >= 15 is 0 Å². The van der Waals surface area contributed by atoms with Gasteiger partial charge in [-0.2, -0.15) is 13.3 Å². The first-order valence-electron chi connectivity index (χ1n) is 8.98. The number of rotatable bonds is 4. The molecule has 0 saturated carbocycles. The highest BCUT2D eigenvalue weighted by Crippen LogP contribution is 2.26. The Labute approximate surface area is 199 Å². The van der Waals surface area contributed by atoms with Gasteiger partial charge in [-0.15, -0.1) is 0 Å². The first kappa shape index (κ1) is 23.9. The Morgan fingerprint density at radius 1 is 1.25 bits per heavy atom. The van der Waals surface area contributed by atoms with Gasteiger partial charge in [0.2, 0.25) is 5.88 Å². The summed E-state index contributed by atoms with van der Waals surface area (Å²) in [5.74, 6) is -0.995. The summed E-state index contributed by atoms with van der Waals surface area (Å²) in [6.07, 6.45) is 3.01. The fraction of sp³-hybridized carbons (Fsp3) is 0.158. The van der Waals surface area contributed by atoms with Crippen LogP contribution in [-0.2, 0) is 22.7 Å². The van der Waals surface area contributed by atoms with Crippen LogP contribution in [0.15, 0.2) is 55.6 Å². The van der Waals surface area contributed by atoms with Crippen molar-refractivity contribution in [2.24, 2.45) is 4.40 Å². The Balaban J connectivity index is 2.33. The highest BCUT2D eigenvalue weighted by atomic mass is 35.5. The Morgan fingerprint density at radius 2 is 1.88 bits per heavy atom. The SMILES string of the molecule is Cc1cc(S(=O)(=O)/N=C(/c2c(O)[nH]c(=S)[nH]c2=O)[n+]2ccc(N(C)C)cc2)c([S-])cc1Cl. The van der Waals surface area contributed by atoms with Gasteiger partial charge in [0.05, 0.1) is 21.7 Å². The van der Waals surface area contributed by atoms with Gasteiger partial charge in [-0.3, -0.25) is 9.78 Å². The van der Waals surface area contributed by atoms with Crippen LogP contribution in [0.1, 0.15) is 11.1 Å². The highest BCUT2D eigenvalue weighted by molar-refractivity contribution is 7.90. The van der Waals surface area contributed by atoms with Crippen LogP contribution in [-0.4, -0.2) is 43.4 Å². The van der Waals surface area contributed by atoms with Crippen LogP contribution in [0.25, 0.3) is 0 Å². The molecule has 0 aliphatic carbocycles. The summed E-state index contributed by atoms with van der Waals surface area (Å²) in [5, 5.41) is 10.7. The van der Waals surface area contributed by atoms with Gasteiger partial charge in [-0.25, -0.2) is 4.57 Å². The highest BCUT2D eigenvalue weighted by Gasteiger charge is 2.31. The van der Waals surface area contributed by atoms with Crippen LogP contribution >= 0.6 is 23.8 Å². The number of H-pyrrole nitrogens is 2. The topological polar surface area (TPSA) is 122 Å². The number of aromatic nitrogens is 3. The van der Waals surface area contributed by atoms with E-state index in [-0.39, 0.29) is 20.4 Å². The smallest absolute Gasteiger partial charge is 0.368 e. The molecule has 3 N–H and O–H groups in total. The lowest BCUT2D eigenvalue weighted by Gasteiger charge is -2.13. The molecule has 0 atom stereocenters. The number of pyridine rings is 1. The zero-order valence-corrected chi connectivity index (χ0v) is 20.3. The molecule has 0 amide bonds. The maximum atomic E-state index is 13.2. The minimum atomic E-state index is -4.41. The van der Waals surface area contributed by atoms with Crippen molar-refractivity contribution < 1.29 is 18.1 Å². The molecule has 168 valence electrons. The number of anilines is 1. The Bertz CT molecular complexity index is 1450. The van der Waals surface area contributed by atoms with Gasteiger partial charge in [0.1, 0.15) is 0 Å². The van der Waals surface area contributed by atoms with Crippen molar-refractivity contribution in [2.75, 3.05) is 19.0 Å². The summed E-state index contributed by atoms with van der Waals surface area (Å²) >= 11 is 16.1. The molecule has 3 rings (SSSR count). The lowest BCUT2D eigenvalue weighted by Crippen LogP contribution is -2.46. The minimum absolute atomic E-state index is 0.0257. The number of nitrogens with one attached hydrogen (secondary N) is 2. The first-order valence-corrected chi connectivity index (χ1v) is 11.6. The van der Waals surface area contributed by atoms with Crippen LogP contribution < -0.4 is 15.0 Å². The summed E-state index contributed by atoms with van der Waals surface area (Å²) in [5.41, 5.74) is 0.0648. The van der Waals surface area contributed by atoms with Crippen LogP contribution in [0.3, 0.4) is 0 Å². The van der Waals surface area contributed by atoms with Crippen molar-refractivity contribution in [2.45, 2.75) is 16.7 Å². The molecule has 0 radical (unpaired) electrons. The maximum Gasteiger partial charge on any atom is 0.368 e. The van der Waals surface area contributed by atoms with E-state index in [1.807, 2.05) is 19.0 Å². The van der Waals surface area contributed by atoms with E-state index in [0.29, 0.717) is 10.6 Å². The van der Waals surface area contributed by atoms with Crippen molar-refractivity contribution in [1.29, 1.82) is 0 Å². The molecule has 1 aromatic carbocycles. The largest absolute Gasteiger partial charge is 0.778 e. The molecular weight excluding hydrogens is 494 g/mol. The van der Waals surface area contributed by atoms with Crippen LogP contribution in [0, 0.1) is 11.7 Å². The molecule has 3 aromatic rings. The molecule has 2 aromatic heterocycles. The first-order chi connectivity index (χ1) is 14.9. The molecular formula is C19H18ClN5O4S3. The molecule has 0 fully saturated rings. The standard InChI is InChI=1S/C19H18ClN5O4S3/c1-10-8-14(13(30)9-12(10)20)32(28,29)23-16(15-17(26)21-19(31)22-18(15)27)25-6-4-11(5-7-25)24(2)3/h4-9H,1-3H3,(H3-,21,22,23,26,27,30,31). The van der Waals surface area contributed by atoms with Crippen LogP contribution in [0.5, 0.6) is 5.88 Å². The van der Waals surface area contributed by atoms with E-state index in [4.69, 9.17) is 36.4 Å². The lowest BCUT2D eigenvalue weighted by molar-refractivity contribution is -0.554. The summed E-state index contributed by atoms with van der Waals surface area (Å²) in [6, 6.07) is 6.02. The van der Waals surface area contributed by atoms with Gasteiger partial charge >= 0.3 is 15.9 Å². The minimum Gasteiger partial charge on any atom is -0.778 e. The van der Waals surface area contributed by atoms with Gasteiger partial charge in [-0.1, -0.05) is 17.7 Å². The van der Waals surface area contributed by atoms with E-state index in [2.05, 4.69) is 14.4 Å². The van der Waals surface area contributed by atoms with Gasteiger partial charge in [0, 0.05) is 36.9 Å². The number of hydrogen-bond acceptors (Lipinski definition) is 7. The zero-order valence-electron chi connectivity index (χ0n) is 17.1. The molecule has 0 aliphatic heterocycles. The Morgan fingerprint density at radius 3 is 2.44 bits per heavy atom. The van der Waals surface area contributed by atoms with Crippen molar-refractivity contribution >= 4 is 58.0 Å². The van der Waals surface area contributed by atoms with E-state index in [9.17, 15) is 18.3 Å². The number of benzene rings is 1. The van der Waals surface area contributed by atoms with E-state index in [0.717, 1.165) is 5.69 Å². The van der Waals surface area contributed by atoms with Crippen molar-refractivity contribution in [3.8, 4) is 5.88 Å². The molecule has 2 heterocycles. The fourth-order valence-corrected chi connectivity index (χ4v) is 4.82. The van der Waals surface area contributed by atoms with Crippen molar-refractivity contribution in [1.82, 2.24) is 9.97 Å². The van der Waals surface area contributed by atoms with E-state index in [1.54, 1.807) is 19.1 Å². The Hall–Kier alpha value is -2.80. The molecule has 13 heteroatoms. The lowest BCUT2D eigenvalue weighted by atomic mass is 10.2. The van der Waals surface area contributed by atoms with E-state index in [1.165, 1.54) is 29.1 Å². The molecule has 0 saturated heterocycles. The number of nitrogens with zero attached hydrogens (tertiary/aromatic N) is 3. The van der Waals surface area contributed by atoms with Gasteiger partial charge in [0.15, 0.2) is 10.3 Å². The summed E-state index contributed by atoms with van der Waals surface area (Å²) in [7, 11) is -0.737. The van der Waals surface area contributed by atoms with E-state index < -0.39 is 27.0 Å². The van der Waals surface area contributed by atoms with Crippen molar-refractivity contribution in [3.05, 3.63) is 67.9 Å². The molecule has 0 bridgehead atoms. The number of aromatic amines is 2. The zero-order chi connectivity index (χ0) is 23.8. The fourth-order valence-electron chi connectivity index (χ4n) is 2.76. The summed E-state index contributed by atoms with van der Waals surface area (Å²) in [4.78, 5) is 18.9. The number of halogens is 1. The number of aryl methyl sites for hydroxylation is 1. The van der Waals surface area contributed by atoms with Crippen LogP contribution in [0.2, 0.25) is 5.02 Å². The molecule has 0 unspecified atom stereocenters. The third-order valence-electron chi connectivity index (χ3n) is 4.43. The number of sulfonamides is 1. The third-order valence-corrected chi connectivity index (χ3v) is 6.81. The third kappa shape index (κ3) is 4.83. The predicted molar refractivity (Wildman–Crippen MR) is 126 cm³/mol. The number of aromatic hydroxyl groups is 1. The molecule has 0 aliphatic rings. The summed E-state index contributed by atoms with van der Waals surface area (Å²) < 4.78 is 31.4. The second-order valence-corrected chi connectivity index (χ2v) is 9.76. The van der Waals surface area contributed by atoms with Gasteiger partial charge in [-0.05, 0) is 30.8 Å². The average molecular weight is 512 g/mol. The molecule has 32 heavy (non-hydrogen) atoms. The molecule has 0 spiro atoms. The second kappa shape index (κ2) is 8.98. The Kier molecular flexibility index (Phi) is 6.69. The van der Waals surface area contributed by atoms with Crippen LogP contribution in [0.4, 0.5) is 5.69 Å². The quantitative estimate of drug-likeness (QED) is 0.161. The normalized spacial score (nSPS) is 12.1. The number of hydrogen-bond donors (Lipinski definition) is 3. The maximum absolute atomic E-state index is 13.2. The van der Waals surface area contributed by atoms with Gasteiger partial charge in [0.25, 0.3) is 5.56 Å². The predicted octanol–water partition coefficient (Wildman–Crippen LogP) is 2.04. The average Bonchev–Trinajstić information content (AvgIpc) is 2.69. The summed E-state index contributed by atoms with van der Waals surface area (Å²) in [6.45, 7) is 1.63. The molecule has 9 nitrogen and oxygen atoms in total. The van der Waals surface area contributed by atoms with Gasteiger partial charge < -0.3 is 27.6 Å². The van der Waals surface area contributed by atoms with Crippen molar-refractivity contribution in [3.63, 3.8) is 0 Å². The second-order valence-electron chi connectivity index (χ2n) is 6.93. The monoisotopic (exact) mass is 511 g/mol.